The average Bonchev–Trinajstić information content (AvgIpc) is 3.08. The lowest BCUT2D eigenvalue weighted by atomic mass is 10.0. The molecule has 0 saturated carbocycles. The van der Waals surface area contributed by atoms with Gasteiger partial charge in [0.05, 0.1) is 19.4 Å². The molecule has 1 rings (SSSR count). The highest BCUT2D eigenvalue weighted by Gasteiger charge is 2.35. The number of hydrogen-bond acceptors (Lipinski definition) is 2. The van der Waals surface area contributed by atoms with Crippen molar-refractivity contribution in [2.45, 2.75) is 110 Å². The first-order valence-corrected chi connectivity index (χ1v) is 11.8. The van der Waals surface area contributed by atoms with Crippen LogP contribution in [0.3, 0.4) is 0 Å². The third kappa shape index (κ3) is 10.4. The van der Waals surface area contributed by atoms with Gasteiger partial charge < -0.3 is 10.4 Å². The molecular weight excluding hydrogens is 332 g/mol. The summed E-state index contributed by atoms with van der Waals surface area (Å²) in [4.78, 5) is 0. The summed E-state index contributed by atoms with van der Waals surface area (Å²) in [6.07, 6.45) is 28.4. The van der Waals surface area contributed by atoms with Crippen molar-refractivity contribution in [2.24, 2.45) is 0 Å². The van der Waals surface area contributed by atoms with E-state index in [1.807, 2.05) is 0 Å². The summed E-state index contributed by atoms with van der Waals surface area (Å²) in [6.45, 7) is 6.63. The maximum Gasteiger partial charge on any atom is 0.166 e. The molecule has 0 saturated heterocycles. The molecule has 0 radical (unpaired) electrons. The van der Waals surface area contributed by atoms with Crippen molar-refractivity contribution in [2.75, 3.05) is 19.7 Å². The lowest BCUT2D eigenvalue weighted by Crippen LogP contribution is -2.54. The molecule has 2 atom stereocenters. The first kappa shape index (κ1) is 24.2. The number of quaternary nitrogens is 1. The summed E-state index contributed by atoms with van der Waals surface area (Å²) in [5.74, 6) is 0. The topological polar surface area (TPSA) is 32.3 Å². The number of allylic oxidation sites excluding steroid dienone is 2. The standard InChI is InChI=1S/C24H47N2O/c1-3-5-6-7-8-9-10-11-12-13-14-15-16-17-18-19-24-25-20-21-26(24,4-2)22-23-27/h6-7,20-21,24-25,27H,3-5,8-19,22-23H2,1-2H3/q+1/b7-6+. The zero-order valence-corrected chi connectivity index (χ0v) is 18.3. The molecule has 2 N–H and O–H groups in total. The maximum atomic E-state index is 9.36. The Morgan fingerprint density at radius 1 is 0.852 bits per heavy atom. The van der Waals surface area contributed by atoms with Crippen LogP contribution in [0, 0.1) is 0 Å². The number of unbranched alkanes of at least 4 members (excludes halogenated alkanes) is 11. The van der Waals surface area contributed by atoms with Crippen molar-refractivity contribution >= 4 is 0 Å². The van der Waals surface area contributed by atoms with Crippen molar-refractivity contribution in [3.63, 3.8) is 0 Å². The Morgan fingerprint density at radius 2 is 1.44 bits per heavy atom. The van der Waals surface area contributed by atoms with Gasteiger partial charge in [-0.15, -0.1) is 0 Å². The molecule has 3 nitrogen and oxygen atoms in total. The summed E-state index contributed by atoms with van der Waals surface area (Å²) in [5.41, 5.74) is 0. The Kier molecular flexibility index (Phi) is 14.5. The maximum absolute atomic E-state index is 9.36. The normalized spacial score (nSPS) is 22.0. The van der Waals surface area contributed by atoms with Gasteiger partial charge in [0, 0.05) is 6.42 Å². The zero-order valence-electron chi connectivity index (χ0n) is 18.3. The molecule has 1 heterocycles. The molecule has 1 aliphatic heterocycles. The number of aliphatic hydroxyl groups is 1. The van der Waals surface area contributed by atoms with E-state index in [1.54, 1.807) is 0 Å². The third-order valence-electron chi connectivity index (χ3n) is 6.11. The highest BCUT2D eigenvalue weighted by Crippen LogP contribution is 2.23. The summed E-state index contributed by atoms with van der Waals surface area (Å²) < 4.78 is 0.908. The highest BCUT2D eigenvalue weighted by molar-refractivity contribution is 4.84. The van der Waals surface area contributed by atoms with Crippen molar-refractivity contribution < 1.29 is 9.59 Å². The molecule has 0 amide bonds. The van der Waals surface area contributed by atoms with E-state index in [2.05, 4.69) is 43.7 Å². The van der Waals surface area contributed by atoms with Crippen molar-refractivity contribution in [1.29, 1.82) is 0 Å². The van der Waals surface area contributed by atoms with Crippen LogP contribution >= 0.6 is 0 Å². The zero-order chi connectivity index (χ0) is 19.6. The summed E-state index contributed by atoms with van der Waals surface area (Å²) >= 11 is 0. The number of hydrogen-bond donors (Lipinski definition) is 2. The highest BCUT2D eigenvalue weighted by atomic mass is 16.3. The van der Waals surface area contributed by atoms with Crippen LogP contribution in [0.4, 0.5) is 0 Å². The molecule has 0 aromatic carbocycles. The van der Waals surface area contributed by atoms with Crippen molar-refractivity contribution in [1.82, 2.24) is 5.32 Å². The van der Waals surface area contributed by atoms with Crippen LogP contribution < -0.4 is 5.32 Å². The van der Waals surface area contributed by atoms with Gasteiger partial charge in [-0.3, -0.25) is 4.48 Å². The fourth-order valence-corrected chi connectivity index (χ4v) is 4.21. The molecule has 0 bridgehead atoms. The Hall–Kier alpha value is -0.800. The molecule has 3 heteroatoms. The number of aliphatic hydroxyl groups excluding tert-OH is 1. The average molecular weight is 380 g/mol. The smallest absolute Gasteiger partial charge is 0.166 e. The second-order valence-electron chi connectivity index (χ2n) is 8.24. The van der Waals surface area contributed by atoms with E-state index in [9.17, 15) is 5.11 Å². The molecule has 2 unspecified atom stereocenters. The fourth-order valence-electron chi connectivity index (χ4n) is 4.21. The van der Waals surface area contributed by atoms with Gasteiger partial charge in [0.1, 0.15) is 12.7 Å². The van der Waals surface area contributed by atoms with E-state index in [0.29, 0.717) is 6.17 Å². The summed E-state index contributed by atoms with van der Waals surface area (Å²) in [7, 11) is 0. The predicted molar refractivity (Wildman–Crippen MR) is 118 cm³/mol. The molecular formula is C24H47N2O+. The monoisotopic (exact) mass is 379 g/mol. The number of nitrogens with zero attached hydrogens (tertiary/aromatic N) is 1. The Labute approximate surface area is 169 Å². The first-order valence-electron chi connectivity index (χ1n) is 11.8. The van der Waals surface area contributed by atoms with Crippen molar-refractivity contribution in [3.05, 3.63) is 24.6 Å². The Morgan fingerprint density at radius 3 is 2.04 bits per heavy atom. The summed E-state index contributed by atoms with van der Waals surface area (Å²) in [5, 5.41) is 12.9. The predicted octanol–water partition coefficient (Wildman–Crippen LogP) is 6.25. The second-order valence-corrected chi connectivity index (χ2v) is 8.24. The van der Waals surface area contributed by atoms with Crippen LogP contribution in [0.5, 0.6) is 0 Å². The molecule has 0 aliphatic carbocycles. The van der Waals surface area contributed by atoms with Gasteiger partial charge >= 0.3 is 0 Å². The van der Waals surface area contributed by atoms with E-state index in [1.165, 1.54) is 89.9 Å². The minimum atomic E-state index is 0.270. The first-order chi connectivity index (χ1) is 13.3. The van der Waals surface area contributed by atoms with E-state index >= 15 is 0 Å². The number of rotatable bonds is 18. The van der Waals surface area contributed by atoms with Crippen molar-refractivity contribution in [3.8, 4) is 0 Å². The SMILES string of the molecule is CCC/C=C/CCCCCCCCCCCCC1NC=C[N+]1(CC)CCO. The van der Waals surface area contributed by atoms with Gasteiger partial charge in [0.2, 0.25) is 0 Å². The number of nitrogens with one attached hydrogen (secondary N) is 1. The van der Waals surface area contributed by atoms with Crippen LogP contribution in [0.1, 0.15) is 104 Å². The van der Waals surface area contributed by atoms with Gasteiger partial charge in [0.15, 0.2) is 6.17 Å². The summed E-state index contributed by atoms with van der Waals surface area (Å²) in [6, 6.07) is 0. The molecule has 27 heavy (non-hydrogen) atoms. The van der Waals surface area contributed by atoms with Gasteiger partial charge in [-0.05, 0) is 32.6 Å². The number of likely N-dealkylation sites (N-methyl/N-ethyl adjacent to an activating group) is 1. The van der Waals surface area contributed by atoms with E-state index in [-0.39, 0.29) is 6.61 Å². The molecule has 158 valence electrons. The molecule has 1 aliphatic rings. The third-order valence-corrected chi connectivity index (χ3v) is 6.11. The minimum Gasteiger partial charge on any atom is -0.390 e. The lowest BCUT2D eigenvalue weighted by molar-refractivity contribution is -0.900. The Bertz CT molecular complexity index is 394. The Balaban J connectivity index is 1.89. The van der Waals surface area contributed by atoms with Gasteiger partial charge in [-0.1, -0.05) is 76.9 Å². The molecule has 0 spiro atoms. The quantitative estimate of drug-likeness (QED) is 0.167. The van der Waals surface area contributed by atoms with Crippen LogP contribution in [-0.4, -0.2) is 35.5 Å². The largest absolute Gasteiger partial charge is 0.390 e. The van der Waals surface area contributed by atoms with E-state index < -0.39 is 0 Å². The molecule has 0 aromatic rings. The van der Waals surface area contributed by atoms with E-state index in [0.717, 1.165) is 17.6 Å². The van der Waals surface area contributed by atoms with Gasteiger partial charge in [0.25, 0.3) is 0 Å². The molecule has 0 aromatic heterocycles. The fraction of sp³-hybridized carbons (Fsp3) is 0.833. The molecule has 0 fully saturated rings. The van der Waals surface area contributed by atoms with Gasteiger partial charge in [-0.25, -0.2) is 0 Å². The van der Waals surface area contributed by atoms with Crippen LogP contribution in [-0.2, 0) is 0 Å². The van der Waals surface area contributed by atoms with E-state index in [4.69, 9.17) is 0 Å². The minimum absolute atomic E-state index is 0.270. The lowest BCUT2D eigenvalue weighted by Gasteiger charge is -2.36. The second kappa shape index (κ2) is 16.2. The van der Waals surface area contributed by atoms with Gasteiger partial charge in [-0.2, -0.15) is 0 Å². The van der Waals surface area contributed by atoms with Crippen LogP contribution in [0.15, 0.2) is 24.6 Å². The van der Waals surface area contributed by atoms with Crippen LogP contribution in [0.25, 0.3) is 0 Å². The van der Waals surface area contributed by atoms with Crippen LogP contribution in [0.2, 0.25) is 0 Å².